The summed E-state index contributed by atoms with van der Waals surface area (Å²) in [4.78, 5) is 26.3. The molecule has 4 heterocycles. The third kappa shape index (κ3) is 5.23. The second-order valence-corrected chi connectivity index (χ2v) is 13.9. The normalized spacial score (nSPS) is 23.5. The van der Waals surface area contributed by atoms with E-state index in [4.69, 9.17) is 24.9 Å². The molecule has 3 aromatic rings. The molecule has 2 aliphatic rings. The van der Waals surface area contributed by atoms with E-state index in [9.17, 15) is 13.2 Å². The van der Waals surface area contributed by atoms with Crippen molar-refractivity contribution in [3.8, 4) is 5.88 Å². The Morgan fingerprint density at radius 1 is 1.18 bits per heavy atom. The number of nitrogens with zero attached hydrogens (tertiary/aromatic N) is 3. The van der Waals surface area contributed by atoms with Crippen molar-refractivity contribution in [3.05, 3.63) is 47.4 Å². The van der Waals surface area contributed by atoms with Crippen molar-refractivity contribution in [1.82, 2.24) is 15.0 Å². The molecule has 1 aliphatic carbocycles. The third-order valence-electron chi connectivity index (χ3n) is 7.94. The second kappa shape index (κ2) is 9.93. The Labute approximate surface area is 233 Å². The molecule has 3 aromatic heterocycles. The molecule has 12 heteroatoms. The number of carbonyl (C=O) groups excluding carboxylic acids is 1. The second-order valence-electron chi connectivity index (χ2n) is 11.6. The van der Waals surface area contributed by atoms with Gasteiger partial charge in [0.1, 0.15) is 23.3 Å². The fraction of sp³-hybridized carbons (Fsp3) is 0.500. The van der Waals surface area contributed by atoms with Crippen molar-refractivity contribution in [3.63, 3.8) is 0 Å². The first kappa shape index (κ1) is 28.2. The minimum Gasteiger partial charge on any atom is -0.474 e. The molecule has 1 saturated carbocycles. The van der Waals surface area contributed by atoms with Gasteiger partial charge in [-0.3, -0.25) is 0 Å². The van der Waals surface area contributed by atoms with Crippen LogP contribution >= 0.6 is 0 Å². The number of sulfone groups is 1. The monoisotopic (exact) mass is 569 g/mol. The van der Waals surface area contributed by atoms with Gasteiger partial charge in [-0.2, -0.15) is 0 Å². The molecule has 214 valence electrons. The van der Waals surface area contributed by atoms with E-state index in [1.807, 2.05) is 33.8 Å². The molecule has 0 saturated heterocycles. The summed E-state index contributed by atoms with van der Waals surface area (Å²) < 4.78 is 40.7. The quantitative estimate of drug-likeness (QED) is 0.382. The van der Waals surface area contributed by atoms with E-state index in [0.29, 0.717) is 47.0 Å². The van der Waals surface area contributed by atoms with Gasteiger partial charge in [0, 0.05) is 50.1 Å². The van der Waals surface area contributed by atoms with Gasteiger partial charge < -0.3 is 25.3 Å². The predicted molar refractivity (Wildman–Crippen MR) is 151 cm³/mol. The highest BCUT2D eigenvalue weighted by atomic mass is 32.2. The predicted octanol–water partition coefficient (Wildman–Crippen LogP) is 3.60. The van der Waals surface area contributed by atoms with Gasteiger partial charge in [-0.1, -0.05) is 6.92 Å². The fourth-order valence-corrected chi connectivity index (χ4v) is 6.25. The number of carbonyl (C=O) groups is 1. The highest BCUT2D eigenvalue weighted by Gasteiger charge is 2.40. The van der Waals surface area contributed by atoms with Crippen LogP contribution in [0.5, 0.6) is 5.88 Å². The van der Waals surface area contributed by atoms with Crippen LogP contribution in [0.15, 0.2) is 30.6 Å². The molecular weight excluding hydrogens is 534 g/mol. The van der Waals surface area contributed by atoms with E-state index >= 15 is 0 Å². The molecule has 0 radical (unpaired) electrons. The van der Waals surface area contributed by atoms with E-state index in [1.54, 1.807) is 31.6 Å². The van der Waals surface area contributed by atoms with Crippen LogP contribution in [-0.2, 0) is 24.8 Å². The minimum atomic E-state index is -3.10. The number of aromatic nitrogens is 3. The van der Waals surface area contributed by atoms with Gasteiger partial charge in [-0.05, 0) is 44.4 Å². The zero-order valence-corrected chi connectivity index (χ0v) is 24.3. The number of esters is 1. The maximum Gasteiger partial charge on any atom is 0.340 e. The Hall–Kier alpha value is -3.35. The summed E-state index contributed by atoms with van der Waals surface area (Å²) in [5.74, 6) is 0.913. The van der Waals surface area contributed by atoms with Crippen molar-refractivity contribution < 1.29 is 27.4 Å². The van der Waals surface area contributed by atoms with Crippen LogP contribution in [0.25, 0.3) is 10.8 Å². The summed E-state index contributed by atoms with van der Waals surface area (Å²) in [5, 5.41) is 4.26. The lowest BCUT2D eigenvalue weighted by molar-refractivity contribution is -0.0189. The van der Waals surface area contributed by atoms with Crippen LogP contribution in [-0.4, -0.2) is 66.3 Å². The molecule has 11 nitrogen and oxygen atoms in total. The topological polar surface area (TPSA) is 156 Å². The van der Waals surface area contributed by atoms with Crippen molar-refractivity contribution in [1.29, 1.82) is 0 Å². The molecule has 5 rings (SSSR count). The molecule has 0 spiro atoms. The number of ether oxygens (including phenoxy) is 3. The van der Waals surface area contributed by atoms with Crippen molar-refractivity contribution in [2.45, 2.75) is 68.9 Å². The van der Waals surface area contributed by atoms with E-state index in [0.717, 1.165) is 10.9 Å². The van der Waals surface area contributed by atoms with Gasteiger partial charge in [0.2, 0.25) is 5.88 Å². The molecule has 0 unspecified atom stereocenters. The Morgan fingerprint density at radius 2 is 1.90 bits per heavy atom. The maximum atomic E-state index is 12.5. The average Bonchev–Trinajstić information content (AvgIpc) is 2.83. The Kier molecular flexibility index (Phi) is 7.00. The van der Waals surface area contributed by atoms with Gasteiger partial charge in [-0.15, -0.1) is 0 Å². The van der Waals surface area contributed by atoms with Crippen molar-refractivity contribution in [2.75, 3.05) is 25.3 Å². The molecule has 2 atom stereocenters. The number of nitrogens with one attached hydrogen (secondary N) is 1. The lowest BCUT2D eigenvalue weighted by Crippen LogP contribution is -2.42. The number of rotatable bonds is 8. The maximum absolute atomic E-state index is 12.5. The Morgan fingerprint density at radius 3 is 2.58 bits per heavy atom. The van der Waals surface area contributed by atoms with Crippen molar-refractivity contribution >= 4 is 38.2 Å². The minimum absolute atomic E-state index is 0.107. The summed E-state index contributed by atoms with van der Waals surface area (Å²) in [6.45, 7) is 7.83. The number of hydrogen-bond donors (Lipinski definition) is 2. The van der Waals surface area contributed by atoms with Gasteiger partial charge in [0.25, 0.3) is 0 Å². The van der Waals surface area contributed by atoms with Gasteiger partial charge in [0.15, 0.2) is 9.84 Å². The zero-order valence-electron chi connectivity index (χ0n) is 23.5. The zero-order chi connectivity index (χ0) is 29.0. The molecule has 3 N–H and O–H groups in total. The number of methoxy groups -OCH3 is 1. The number of anilines is 2. The standard InChI is InChI=1S/C28H35N5O6S/c1-15-24-18(26(34)39-27(15,2)3)7-8-22(33-24)32-23-11-19-20(12-30-23)25(31-13-21(19)28(4,29)14-37-5)38-16-9-17(10-16)40(6,35)36/h7-8,11-13,15-17H,9-10,14,29H2,1-6H3,(H,30,32,33)/t15-,16?,17?,28-/m1/s1. The Balaban J connectivity index is 1.50. The van der Waals surface area contributed by atoms with E-state index in [-0.39, 0.29) is 24.6 Å². The van der Waals surface area contributed by atoms with Crippen LogP contribution < -0.4 is 15.8 Å². The Bertz CT molecular complexity index is 1580. The SMILES string of the molecule is COC[C@@](C)(N)c1cnc(OC2CC(S(C)(=O)=O)C2)c2cnc(Nc3ccc4c(n3)[C@@H](C)C(C)(C)OC4=O)cc12. The highest BCUT2D eigenvalue weighted by Crippen LogP contribution is 2.39. The first-order valence-corrected chi connectivity index (χ1v) is 15.1. The van der Waals surface area contributed by atoms with Gasteiger partial charge in [-0.25, -0.2) is 28.2 Å². The number of pyridine rings is 3. The van der Waals surface area contributed by atoms with E-state index in [2.05, 4.69) is 15.3 Å². The number of cyclic esters (lactones) is 1. The van der Waals surface area contributed by atoms with Crippen LogP contribution in [0.4, 0.5) is 11.6 Å². The number of nitrogens with two attached hydrogens (primary N) is 1. The summed E-state index contributed by atoms with van der Waals surface area (Å²) in [6, 6.07) is 5.27. The molecule has 0 aromatic carbocycles. The summed E-state index contributed by atoms with van der Waals surface area (Å²) >= 11 is 0. The highest BCUT2D eigenvalue weighted by molar-refractivity contribution is 7.91. The van der Waals surface area contributed by atoms with Crippen LogP contribution in [0, 0.1) is 0 Å². The van der Waals surface area contributed by atoms with Crippen LogP contribution in [0.1, 0.15) is 68.1 Å². The molecule has 1 aliphatic heterocycles. The summed E-state index contributed by atoms with van der Waals surface area (Å²) in [6.07, 6.45) is 5.15. The largest absolute Gasteiger partial charge is 0.474 e. The molecule has 1 fully saturated rings. The smallest absolute Gasteiger partial charge is 0.340 e. The lowest BCUT2D eigenvalue weighted by atomic mass is 9.84. The van der Waals surface area contributed by atoms with Crippen molar-refractivity contribution in [2.24, 2.45) is 5.73 Å². The van der Waals surface area contributed by atoms with E-state index in [1.165, 1.54) is 6.26 Å². The number of hydrogen-bond acceptors (Lipinski definition) is 11. The summed E-state index contributed by atoms with van der Waals surface area (Å²) in [5.41, 5.74) is 6.95. The summed E-state index contributed by atoms with van der Waals surface area (Å²) in [7, 11) is -1.52. The first-order chi connectivity index (χ1) is 18.7. The van der Waals surface area contributed by atoms with Crippen LogP contribution in [0.3, 0.4) is 0 Å². The first-order valence-electron chi connectivity index (χ1n) is 13.1. The average molecular weight is 570 g/mol. The van der Waals surface area contributed by atoms with Crippen LogP contribution in [0.2, 0.25) is 0 Å². The van der Waals surface area contributed by atoms with E-state index < -0.39 is 26.2 Å². The molecular formula is C28H35N5O6S. The molecule has 0 bridgehead atoms. The van der Waals surface area contributed by atoms with Gasteiger partial charge in [0.05, 0.1) is 34.0 Å². The van der Waals surface area contributed by atoms with Gasteiger partial charge >= 0.3 is 5.97 Å². The third-order valence-corrected chi connectivity index (χ3v) is 9.54. The lowest BCUT2D eigenvalue weighted by Gasteiger charge is -2.36. The fourth-order valence-electron chi connectivity index (χ4n) is 5.12. The molecule has 0 amide bonds. The number of fused-ring (bicyclic) bond motifs is 2. The molecule has 40 heavy (non-hydrogen) atoms.